The number of benzene rings is 2. The highest BCUT2D eigenvalue weighted by Crippen LogP contribution is 2.25. The van der Waals surface area contributed by atoms with Gasteiger partial charge in [-0.3, -0.25) is 4.79 Å². The molecule has 0 radical (unpaired) electrons. The molecule has 4 nitrogen and oxygen atoms in total. The van der Waals surface area contributed by atoms with Gasteiger partial charge in [0.15, 0.2) is 0 Å². The largest absolute Gasteiger partial charge is 0.478 e. The summed E-state index contributed by atoms with van der Waals surface area (Å²) in [5, 5.41) is 9.11. The lowest BCUT2D eigenvalue weighted by atomic mass is 10.1. The van der Waals surface area contributed by atoms with E-state index in [1.807, 2.05) is 0 Å². The Balaban J connectivity index is 2.38. The maximum atomic E-state index is 12.2. The second-order valence-electron chi connectivity index (χ2n) is 3.77. The lowest BCUT2D eigenvalue weighted by Crippen LogP contribution is -2.22. The van der Waals surface area contributed by atoms with Gasteiger partial charge in [0.05, 0.1) is 27.4 Å². The van der Waals surface area contributed by atoms with Crippen LogP contribution in [0.2, 0.25) is 0 Å². The van der Waals surface area contributed by atoms with Gasteiger partial charge in [0.2, 0.25) is 0 Å². The molecule has 1 N–H and O–H groups in total. The van der Waals surface area contributed by atoms with Gasteiger partial charge in [-0.05, 0) is 24.3 Å². The molecule has 0 atom stereocenters. The molecule has 0 bridgehead atoms. The number of carbonyl (C=O) groups excluding carboxylic acids is 1. The average molecular weight is 320 g/mol. The normalized spacial score (nSPS) is 9.95. The summed E-state index contributed by atoms with van der Waals surface area (Å²) in [5.41, 5.74) is 0.826. The van der Waals surface area contributed by atoms with Gasteiger partial charge < -0.3 is 5.11 Å². The predicted molar refractivity (Wildman–Crippen MR) is 75.6 cm³/mol. The minimum absolute atomic E-state index is 0.0589. The van der Waals surface area contributed by atoms with Crippen LogP contribution in [-0.4, -0.2) is 17.0 Å². The summed E-state index contributed by atoms with van der Waals surface area (Å²) >= 11 is 3.13. The molecule has 19 heavy (non-hydrogen) atoms. The number of carboxylic acids is 1. The molecule has 5 heteroatoms. The first-order valence-corrected chi connectivity index (χ1v) is 6.20. The van der Waals surface area contributed by atoms with Gasteiger partial charge in [-0.15, -0.1) is 0 Å². The number of nitrogens with zero attached hydrogens (tertiary/aromatic N) is 1. The summed E-state index contributed by atoms with van der Waals surface area (Å²) in [7, 11) is 0. The van der Waals surface area contributed by atoms with Crippen molar-refractivity contribution in [2.75, 3.05) is 3.93 Å². The average Bonchev–Trinajstić information content (AvgIpc) is 2.46. The molecular weight excluding hydrogens is 310 g/mol. The highest BCUT2D eigenvalue weighted by molar-refractivity contribution is 9.10. The van der Waals surface area contributed by atoms with Crippen LogP contribution in [0.4, 0.5) is 5.69 Å². The molecule has 96 valence electrons. The van der Waals surface area contributed by atoms with E-state index in [0.29, 0.717) is 11.3 Å². The number of anilines is 1. The van der Waals surface area contributed by atoms with E-state index >= 15 is 0 Å². The van der Waals surface area contributed by atoms with Crippen molar-refractivity contribution in [3.63, 3.8) is 0 Å². The monoisotopic (exact) mass is 319 g/mol. The molecule has 0 aromatic heterocycles. The fourth-order valence-corrected chi connectivity index (χ4v) is 2.14. The van der Waals surface area contributed by atoms with Crippen molar-refractivity contribution < 1.29 is 14.7 Å². The standard InChI is InChI=1S/C14H10BrNO3/c15-16(13(17)10-6-2-1-3-7-10)12-9-5-4-8-11(12)14(18)19/h1-9H,(H,18,19). The molecule has 2 aromatic carbocycles. The maximum Gasteiger partial charge on any atom is 0.337 e. The van der Waals surface area contributed by atoms with Crippen LogP contribution in [0.5, 0.6) is 0 Å². The summed E-state index contributed by atoms with van der Waals surface area (Å²) in [4.78, 5) is 23.3. The first-order valence-electron chi connectivity index (χ1n) is 5.49. The third kappa shape index (κ3) is 2.82. The minimum atomic E-state index is -1.08. The highest BCUT2D eigenvalue weighted by Gasteiger charge is 2.20. The van der Waals surface area contributed by atoms with Gasteiger partial charge in [-0.25, -0.2) is 8.72 Å². The number of aromatic carboxylic acids is 1. The Morgan fingerprint density at radius 2 is 1.53 bits per heavy atom. The molecular formula is C14H10BrNO3. The van der Waals surface area contributed by atoms with E-state index in [4.69, 9.17) is 5.11 Å². The summed E-state index contributed by atoms with van der Waals surface area (Å²) in [6.07, 6.45) is 0. The summed E-state index contributed by atoms with van der Waals surface area (Å²) in [6, 6.07) is 14.9. The quantitative estimate of drug-likeness (QED) is 0.883. The molecule has 1 amide bonds. The van der Waals surface area contributed by atoms with Crippen LogP contribution in [0.25, 0.3) is 0 Å². The fourth-order valence-electron chi connectivity index (χ4n) is 1.63. The van der Waals surface area contributed by atoms with E-state index in [0.717, 1.165) is 3.93 Å². The van der Waals surface area contributed by atoms with Crippen molar-refractivity contribution in [1.29, 1.82) is 0 Å². The molecule has 0 spiro atoms. The number of amides is 1. The molecule has 2 rings (SSSR count). The first kappa shape index (κ1) is 13.3. The zero-order chi connectivity index (χ0) is 13.8. The highest BCUT2D eigenvalue weighted by atomic mass is 79.9. The topological polar surface area (TPSA) is 57.6 Å². The van der Waals surface area contributed by atoms with Crippen molar-refractivity contribution in [1.82, 2.24) is 0 Å². The van der Waals surface area contributed by atoms with Crippen molar-refractivity contribution in [2.45, 2.75) is 0 Å². The molecule has 0 saturated carbocycles. The van der Waals surface area contributed by atoms with Gasteiger partial charge in [0, 0.05) is 5.56 Å². The van der Waals surface area contributed by atoms with Crippen LogP contribution in [0, 0.1) is 0 Å². The van der Waals surface area contributed by atoms with Crippen LogP contribution in [0.3, 0.4) is 0 Å². The second-order valence-corrected chi connectivity index (χ2v) is 4.48. The van der Waals surface area contributed by atoms with Gasteiger partial charge in [0.25, 0.3) is 5.91 Å². The lowest BCUT2D eigenvalue weighted by Gasteiger charge is -2.16. The Labute approximate surface area is 118 Å². The molecule has 0 aliphatic heterocycles. The summed E-state index contributed by atoms with van der Waals surface area (Å²) in [5.74, 6) is -1.41. The maximum absolute atomic E-state index is 12.2. The van der Waals surface area contributed by atoms with Crippen molar-refractivity contribution in [2.24, 2.45) is 0 Å². The number of rotatable bonds is 3. The van der Waals surface area contributed by atoms with Crippen molar-refractivity contribution in [3.05, 3.63) is 65.7 Å². The Kier molecular flexibility index (Phi) is 3.97. The SMILES string of the molecule is O=C(O)c1ccccc1N(Br)C(=O)c1ccccc1. The van der Waals surface area contributed by atoms with Gasteiger partial charge in [-0.1, -0.05) is 30.3 Å². The first-order chi connectivity index (χ1) is 9.11. The van der Waals surface area contributed by atoms with Crippen LogP contribution in [0.15, 0.2) is 54.6 Å². The van der Waals surface area contributed by atoms with Crippen molar-refractivity contribution >= 4 is 33.7 Å². The third-order valence-electron chi connectivity index (χ3n) is 2.55. The zero-order valence-electron chi connectivity index (χ0n) is 9.79. The molecule has 0 aliphatic rings. The van der Waals surface area contributed by atoms with Crippen LogP contribution in [0.1, 0.15) is 20.7 Å². The van der Waals surface area contributed by atoms with Crippen LogP contribution >= 0.6 is 16.1 Å². The number of hydrogen-bond acceptors (Lipinski definition) is 2. The number of carbonyl (C=O) groups is 2. The summed E-state index contributed by atoms with van der Waals surface area (Å²) < 4.78 is 1.16. The fraction of sp³-hybridized carbons (Fsp3) is 0. The minimum Gasteiger partial charge on any atom is -0.478 e. The van der Waals surface area contributed by atoms with Gasteiger partial charge in [-0.2, -0.15) is 0 Å². The lowest BCUT2D eigenvalue weighted by molar-refractivity contribution is 0.0698. The Bertz CT molecular complexity index is 613. The van der Waals surface area contributed by atoms with Gasteiger partial charge >= 0.3 is 5.97 Å². The van der Waals surface area contributed by atoms with E-state index in [9.17, 15) is 9.59 Å². The van der Waals surface area contributed by atoms with E-state index < -0.39 is 5.97 Å². The number of para-hydroxylation sites is 1. The Hall–Kier alpha value is -2.14. The Morgan fingerprint density at radius 3 is 2.16 bits per heavy atom. The van der Waals surface area contributed by atoms with Crippen LogP contribution < -0.4 is 3.93 Å². The van der Waals surface area contributed by atoms with E-state index in [-0.39, 0.29) is 11.5 Å². The zero-order valence-corrected chi connectivity index (χ0v) is 11.4. The molecule has 0 fully saturated rings. The number of halogens is 1. The molecule has 0 aliphatic carbocycles. The van der Waals surface area contributed by atoms with Crippen LogP contribution in [-0.2, 0) is 0 Å². The summed E-state index contributed by atoms with van der Waals surface area (Å²) in [6.45, 7) is 0. The molecule has 2 aromatic rings. The molecule has 0 unspecified atom stereocenters. The van der Waals surface area contributed by atoms with Crippen molar-refractivity contribution in [3.8, 4) is 0 Å². The molecule has 0 saturated heterocycles. The second kappa shape index (κ2) is 5.67. The van der Waals surface area contributed by atoms with E-state index in [1.165, 1.54) is 6.07 Å². The predicted octanol–water partition coefficient (Wildman–Crippen LogP) is 3.34. The van der Waals surface area contributed by atoms with E-state index in [2.05, 4.69) is 16.1 Å². The Morgan fingerprint density at radius 1 is 0.947 bits per heavy atom. The van der Waals surface area contributed by atoms with Gasteiger partial charge in [0.1, 0.15) is 0 Å². The third-order valence-corrected chi connectivity index (χ3v) is 3.25. The smallest absolute Gasteiger partial charge is 0.337 e. The number of hydrogen-bond donors (Lipinski definition) is 1. The molecule has 0 heterocycles. The number of carboxylic acid groups (broad SMARTS) is 1. The van der Waals surface area contributed by atoms with E-state index in [1.54, 1.807) is 48.5 Å².